The summed E-state index contributed by atoms with van der Waals surface area (Å²) in [5.41, 5.74) is 4.03. The van der Waals surface area contributed by atoms with E-state index in [4.69, 9.17) is 4.74 Å². The van der Waals surface area contributed by atoms with Crippen molar-refractivity contribution in [2.24, 2.45) is 0 Å². The molecule has 0 saturated carbocycles. The highest BCUT2D eigenvalue weighted by Gasteiger charge is 2.31. The maximum atomic E-state index is 13.4. The van der Waals surface area contributed by atoms with Crippen LogP contribution in [0.15, 0.2) is 72.8 Å². The van der Waals surface area contributed by atoms with Gasteiger partial charge in [-0.05, 0) is 59.9 Å². The number of benzene rings is 3. The molecule has 8 heteroatoms. The van der Waals surface area contributed by atoms with Gasteiger partial charge in [-0.2, -0.15) is 0 Å². The summed E-state index contributed by atoms with van der Waals surface area (Å²) >= 11 is 1.03. The van der Waals surface area contributed by atoms with Crippen LogP contribution in [0, 0.1) is 5.82 Å². The van der Waals surface area contributed by atoms with Gasteiger partial charge in [-0.25, -0.2) is 4.39 Å². The zero-order valence-corrected chi connectivity index (χ0v) is 20.4. The van der Waals surface area contributed by atoms with Crippen molar-refractivity contribution in [3.63, 3.8) is 0 Å². The first-order valence-corrected chi connectivity index (χ1v) is 11.6. The van der Waals surface area contributed by atoms with Crippen LogP contribution in [0.1, 0.15) is 41.3 Å². The third-order valence-electron chi connectivity index (χ3n) is 5.71. The number of nitrogens with one attached hydrogen (secondary N) is 2. The second-order valence-electron chi connectivity index (χ2n) is 7.98. The van der Waals surface area contributed by atoms with Gasteiger partial charge < -0.3 is 4.74 Å². The fourth-order valence-electron chi connectivity index (χ4n) is 3.92. The van der Waals surface area contributed by atoms with E-state index >= 15 is 0 Å². The minimum absolute atomic E-state index is 0. The lowest BCUT2D eigenvalue weighted by Gasteiger charge is -2.25. The van der Waals surface area contributed by atoms with Crippen molar-refractivity contribution in [3.05, 3.63) is 101 Å². The van der Waals surface area contributed by atoms with Crippen LogP contribution in [-0.2, 0) is 11.2 Å². The number of thioether (sulfide) groups is 1. The van der Waals surface area contributed by atoms with Crippen LogP contribution in [0.5, 0.6) is 5.75 Å². The smallest absolute Gasteiger partial charge is 0.286 e. The number of methoxy groups -OCH3 is 1. The summed E-state index contributed by atoms with van der Waals surface area (Å²) in [7, 11) is 1.63. The molecule has 0 aliphatic carbocycles. The van der Waals surface area contributed by atoms with E-state index in [9.17, 15) is 14.0 Å². The summed E-state index contributed by atoms with van der Waals surface area (Å²) in [5.74, 6) is 0.259. The number of rotatable bonds is 8. The molecule has 1 saturated heterocycles. The van der Waals surface area contributed by atoms with Crippen molar-refractivity contribution in [2.75, 3.05) is 7.11 Å². The van der Waals surface area contributed by atoms with E-state index in [-0.39, 0.29) is 41.5 Å². The standard InChI is InChI=1S/C26H25FN2O3S.ClH/c1-16(18-6-10-21(27)11-7-18)28-24(19-8-12-22(32-2)13-9-19)20-5-3-4-17(14-20)15-23-25(30)29-26(31)33-23;/h3-14,16,23-24,28H,15H2,1-2H3,(H,29,30,31);1H. The second kappa shape index (κ2) is 11.5. The van der Waals surface area contributed by atoms with Gasteiger partial charge in [0.1, 0.15) is 11.6 Å². The number of hydrogen-bond donors (Lipinski definition) is 2. The number of halogens is 2. The second-order valence-corrected chi connectivity index (χ2v) is 9.15. The van der Waals surface area contributed by atoms with Crippen molar-refractivity contribution in [2.45, 2.75) is 30.7 Å². The molecule has 0 aromatic heterocycles. The van der Waals surface area contributed by atoms with Gasteiger partial charge >= 0.3 is 0 Å². The Kier molecular flexibility index (Phi) is 8.72. The number of carbonyl (C=O) groups excluding carboxylic acids is 2. The Labute approximate surface area is 208 Å². The monoisotopic (exact) mass is 500 g/mol. The van der Waals surface area contributed by atoms with Crippen LogP contribution < -0.4 is 15.4 Å². The van der Waals surface area contributed by atoms with Gasteiger partial charge in [0.15, 0.2) is 0 Å². The summed E-state index contributed by atoms with van der Waals surface area (Å²) in [6.45, 7) is 2.04. The highest BCUT2D eigenvalue weighted by atomic mass is 35.5. The first-order chi connectivity index (χ1) is 15.9. The Morgan fingerprint density at radius 2 is 1.68 bits per heavy atom. The molecule has 1 aliphatic heterocycles. The molecule has 1 fully saturated rings. The van der Waals surface area contributed by atoms with Crippen molar-refractivity contribution >= 4 is 35.3 Å². The molecular weight excluding hydrogens is 475 g/mol. The first kappa shape index (κ1) is 25.7. The summed E-state index contributed by atoms with van der Waals surface area (Å²) in [4.78, 5) is 23.5. The van der Waals surface area contributed by atoms with Crippen LogP contribution >= 0.6 is 24.2 Å². The molecule has 0 spiro atoms. The van der Waals surface area contributed by atoms with E-state index in [0.717, 1.165) is 39.8 Å². The molecule has 1 aliphatic rings. The Morgan fingerprint density at radius 3 is 2.29 bits per heavy atom. The molecule has 5 nitrogen and oxygen atoms in total. The molecule has 2 amide bonds. The van der Waals surface area contributed by atoms with Gasteiger partial charge in [-0.3, -0.25) is 20.2 Å². The van der Waals surface area contributed by atoms with E-state index in [1.807, 2.05) is 49.4 Å². The van der Waals surface area contributed by atoms with Crippen LogP contribution in [0.3, 0.4) is 0 Å². The molecule has 34 heavy (non-hydrogen) atoms. The zero-order valence-electron chi connectivity index (χ0n) is 18.8. The molecule has 2 N–H and O–H groups in total. The Morgan fingerprint density at radius 1 is 1.00 bits per heavy atom. The fraction of sp³-hybridized carbons (Fsp3) is 0.231. The van der Waals surface area contributed by atoms with Gasteiger partial charge in [-0.15, -0.1) is 12.4 Å². The molecule has 0 radical (unpaired) electrons. The summed E-state index contributed by atoms with van der Waals surface area (Å²) in [5, 5.41) is 5.28. The lowest BCUT2D eigenvalue weighted by molar-refractivity contribution is -0.118. The topological polar surface area (TPSA) is 67.4 Å². The van der Waals surface area contributed by atoms with Crippen molar-refractivity contribution in [3.8, 4) is 5.75 Å². The number of hydrogen-bond acceptors (Lipinski definition) is 5. The molecule has 3 atom stereocenters. The number of ether oxygens (including phenoxy) is 1. The van der Waals surface area contributed by atoms with Crippen molar-refractivity contribution < 1.29 is 18.7 Å². The molecule has 3 unspecified atom stereocenters. The lowest BCUT2D eigenvalue weighted by Crippen LogP contribution is -2.26. The number of imide groups is 1. The average molecular weight is 501 g/mol. The highest BCUT2D eigenvalue weighted by Crippen LogP contribution is 2.30. The summed E-state index contributed by atoms with van der Waals surface area (Å²) in [6.07, 6.45) is 0.471. The zero-order chi connectivity index (χ0) is 23.4. The maximum absolute atomic E-state index is 13.4. The molecule has 3 aromatic rings. The first-order valence-electron chi connectivity index (χ1n) is 10.7. The predicted molar refractivity (Wildman–Crippen MR) is 135 cm³/mol. The number of carbonyl (C=O) groups is 2. The molecule has 3 aromatic carbocycles. The normalized spacial score (nSPS) is 17.0. The molecule has 178 valence electrons. The predicted octanol–water partition coefficient (Wildman–Crippen LogP) is 5.59. The van der Waals surface area contributed by atoms with Gasteiger partial charge in [0.05, 0.1) is 18.4 Å². The van der Waals surface area contributed by atoms with Crippen molar-refractivity contribution in [1.29, 1.82) is 0 Å². The van der Waals surface area contributed by atoms with Gasteiger partial charge in [0, 0.05) is 6.04 Å². The van der Waals surface area contributed by atoms with E-state index < -0.39 is 5.25 Å². The summed E-state index contributed by atoms with van der Waals surface area (Å²) in [6, 6.07) is 22.2. The average Bonchev–Trinajstić information content (AvgIpc) is 3.14. The Balaban J connectivity index is 0.00000324. The largest absolute Gasteiger partial charge is 0.497 e. The molecular formula is C26H26ClFN2O3S. The summed E-state index contributed by atoms with van der Waals surface area (Å²) < 4.78 is 18.7. The van der Waals surface area contributed by atoms with Crippen LogP contribution in [0.4, 0.5) is 9.18 Å². The molecule has 1 heterocycles. The van der Waals surface area contributed by atoms with Gasteiger partial charge in [0.2, 0.25) is 5.91 Å². The third kappa shape index (κ3) is 6.17. The molecule has 4 rings (SSSR count). The van der Waals surface area contributed by atoms with Gasteiger partial charge in [-0.1, -0.05) is 60.3 Å². The Hall–Kier alpha value is -2.87. The van der Waals surface area contributed by atoms with Crippen molar-refractivity contribution in [1.82, 2.24) is 10.6 Å². The molecule has 0 bridgehead atoms. The highest BCUT2D eigenvalue weighted by molar-refractivity contribution is 8.15. The maximum Gasteiger partial charge on any atom is 0.286 e. The minimum atomic E-state index is -0.418. The number of amides is 2. The van der Waals surface area contributed by atoms with E-state index in [0.29, 0.717) is 6.42 Å². The van der Waals surface area contributed by atoms with Gasteiger partial charge in [0.25, 0.3) is 5.24 Å². The minimum Gasteiger partial charge on any atom is -0.497 e. The fourth-order valence-corrected chi connectivity index (χ4v) is 4.78. The lowest BCUT2D eigenvalue weighted by atomic mass is 9.94. The van der Waals surface area contributed by atoms with E-state index in [1.165, 1.54) is 12.1 Å². The SMILES string of the molecule is COc1ccc(C(NC(C)c2ccc(F)cc2)c2cccc(CC3SC(=O)NC3=O)c2)cc1.Cl. The van der Waals surface area contributed by atoms with Crippen LogP contribution in [0.2, 0.25) is 0 Å². The van der Waals surface area contributed by atoms with E-state index in [1.54, 1.807) is 19.2 Å². The third-order valence-corrected chi connectivity index (χ3v) is 6.69. The van der Waals surface area contributed by atoms with Crippen LogP contribution in [0.25, 0.3) is 0 Å². The van der Waals surface area contributed by atoms with E-state index in [2.05, 4.69) is 16.7 Å². The quantitative estimate of drug-likeness (QED) is 0.422. The van der Waals surface area contributed by atoms with Crippen LogP contribution in [-0.4, -0.2) is 23.5 Å². The Bertz CT molecular complexity index is 1140.